The van der Waals surface area contributed by atoms with E-state index in [1.54, 1.807) is 6.20 Å². The van der Waals surface area contributed by atoms with Crippen LogP contribution in [0, 0.1) is 6.20 Å². The number of aromatic nitrogens is 3. The lowest BCUT2D eigenvalue weighted by molar-refractivity contribution is 0.850. The van der Waals surface area contributed by atoms with E-state index in [2.05, 4.69) is 21.6 Å². The maximum absolute atomic E-state index is 3.57. The highest BCUT2D eigenvalue weighted by molar-refractivity contribution is 5.36. The Morgan fingerprint density at radius 1 is 1.56 bits per heavy atom. The van der Waals surface area contributed by atoms with Crippen molar-refractivity contribution in [3.05, 3.63) is 12.4 Å². The first-order chi connectivity index (χ1) is 4.30. The maximum Gasteiger partial charge on any atom is 0.142 e. The fourth-order valence-corrected chi connectivity index (χ4v) is 0.424. The van der Waals surface area contributed by atoms with Gasteiger partial charge in [0.05, 0.1) is 11.9 Å². The zero-order chi connectivity index (χ0) is 6.69. The van der Waals surface area contributed by atoms with Crippen molar-refractivity contribution in [3.63, 3.8) is 0 Å². The van der Waals surface area contributed by atoms with Crippen molar-refractivity contribution in [3.8, 4) is 0 Å². The highest BCUT2D eigenvalue weighted by Crippen LogP contribution is 2.00. The number of nitrogens with zero attached hydrogens (tertiary/aromatic N) is 4. The Hall–Kier alpha value is -1.19. The van der Waals surface area contributed by atoms with Gasteiger partial charge in [0.25, 0.3) is 0 Å². The van der Waals surface area contributed by atoms with Crippen LogP contribution in [0.3, 0.4) is 0 Å². The Bertz CT molecular complexity index is 172. The van der Waals surface area contributed by atoms with Crippen LogP contribution in [0.2, 0.25) is 0 Å². The Kier molecular flexibility index (Phi) is 1.58. The summed E-state index contributed by atoms with van der Waals surface area (Å²) in [4.78, 5) is 1.86. The number of hydrogen-bond donors (Lipinski definition) is 0. The van der Waals surface area contributed by atoms with Crippen LogP contribution >= 0.6 is 0 Å². The lowest BCUT2D eigenvalue weighted by atomic mass is 10.5. The fraction of sp³-hybridized carbons (Fsp3) is 0.400. The topological polar surface area (TPSA) is 41.9 Å². The van der Waals surface area contributed by atoms with E-state index < -0.39 is 0 Å². The fourth-order valence-electron chi connectivity index (χ4n) is 0.424. The molecule has 0 aromatic carbocycles. The predicted octanol–water partition coefficient (Wildman–Crippen LogP) is -0.262. The molecule has 1 aromatic heterocycles. The zero-order valence-electron chi connectivity index (χ0n) is 5.37. The van der Waals surface area contributed by atoms with Crippen LogP contribution < -0.4 is 4.90 Å². The van der Waals surface area contributed by atoms with E-state index in [1.807, 2.05) is 19.0 Å². The van der Waals surface area contributed by atoms with E-state index >= 15 is 0 Å². The first-order valence-corrected chi connectivity index (χ1v) is 2.54. The van der Waals surface area contributed by atoms with Gasteiger partial charge in [0.15, 0.2) is 0 Å². The van der Waals surface area contributed by atoms with Crippen molar-refractivity contribution >= 4 is 5.69 Å². The molecule has 0 aliphatic heterocycles. The van der Waals surface area contributed by atoms with Gasteiger partial charge in [-0.1, -0.05) is 0 Å². The van der Waals surface area contributed by atoms with Gasteiger partial charge in [-0.15, -0.1) is 10.2 Å². The molecule has 0 N–H and O–H groups in total. The Morgan fingerprint density at radius 2 is 2.33 bits per heavy atom. The van der Waals surface area contributed by atoms with Crippen molar-refractivity contribution in [2.75, 3.05) is 19.0 Å². The average Bonchev–Trinajstić information content (AvgIpc) is 1.90. The average molecular weight is 123 g/mol. The molecule has 0 aliphatic rings. The van der Waals surface area contributed by atoms with E-state index in [0.717, 1.165) is 5.69 Å². The van der Waals surface area contributed by atoms with Gasteiger partial charge in [-0.2, -0.15) is 0 Å². The summed E-state index contributed by atoms with van der Waals surface area (Å²) >= 11 is 0. The van der Waals surface area contributed by atoms with Crippen LogP contribution in [0.5, 0.6) is 0 Å². The van der Waals surface area contributed by atoms with Crippen LogP contribution in [0.4, 0.5) is 5.69 Å². The van der Waals surface area contributed by atoms with Gasteiger partial charge in [0.1, 0.15) is 6.20 Å². The molecule has 1 radical (unpaired) electrons. The van der Waals surface area contributed by atoms with Gasteiger partial charge >= 0.3 is 0 Å². The highest BCUT2D eigenvalue weighted by atomic mass is 15.3. The molecule has 47 valence electrons. The van der Waals surface area contributed by atoms with E-state index in [9.17, 15) is 0 Å². The van der Waals surface area contributed by atoms with E-state index in [-0.39, 0.29) is 0 Å². The molecule has 0 spiro atoms. The van der Waals surface area contributed by atoms with Crippen LogP contribution in [-0.4, -0.2) is 29.5 Å². The first kappa shape index (κ1) is 5.94. The van der Waals surface area contributed by atoms with Crippen molar-refractivity contribution in [1.82, 2.24) is 15.4 Å². The predicted molar refractivity (Wildman–Crippen MR) is 33.0 cm³/mol. The minimum atomic E-state index is 0.838. The standard InChI is InChI=1S/C5H7N4/c1-9(2)5-3-6-8-7-4-5/h3H,1-2H3. The third-order valence-corrected chi connectivity index (χ3v) is 0.923. The second-order valence-electron chi connectivity index (χ2n) is 1.83. The van der Waals surface area contributed by atoms with Crippen molar-refractivity contribution in [2.45, 2.75) is 0 Å². The molecule has 0 unspecified atom stereocenters. The van der Waals surface area contributed by atoms with Gasteiger partial charge in [-0.25, -0.2) is 0 Å². The van der Waals surface area contributed by atoms with Crippen molar-refractivity contribution < 1.29 is 0 Å². The summed E-state index contributed by atoms with van der Waals surface area (Å²) in [6, 6.07) is 0. The second kappa shape index (κ2) is 2.39. The van der Waals surface area contributed by atoms with Crippen molar-refractivity contribution in [1.29, 1.82) is 0 Å². The molecule has 0 atom stereocenters. The smallest absolute Gasteiger partial charge is 0.142 e. The highest BCUT2D eigenvalue weighted by Gasteiger charge is 1.92. The summed E-state index contributed by atoms with van der Waals surface area (Å²) < 4.78 is 0. The molecule has 4 nitrogen and oxygen atoms in total. The minimum absolute atomic E-state index is 0.838. The van der Waals surface area contributed by atoms with Crippen LogP contribution in [0.25, 0.3) is 0 Å². The van der Waals surface area contributed by atoms with Gasteiger partial charge in [-0.05, 0) is 5.21 Å². The van der Waals surface area contributed by atoms with Gasteiger partial charge in [0.2, 0.25) is 0 Å². The van der Waals surface area contributed by atoms with E-state index in [1.165, 1.54) is 0 Å². The summed E-state index contributed by atoms with van der Waals surface area (Å²) in [5.74, 6) is 0. The van der Waals surface area contributed by atoms with Crippen LogP contribution in [0.1, 0.15) is 0 Å². The number of hydrogen-bond acceptors (Lipinski definition) is 4. The molecule has 1 heterocycles. The minimum Gasteiger partial charge on any atom is -0.374 e. The molecule has 1 aromatic rings. The Labute approximate surface area is 53.5 Å². The van der Waals surface area contributed by atoms with Gasteiger partial charge < -0.3 is 4.90 Å². The Morgan fingerprint density at radius 3 is 2.67 bits per heavy atom. The van der Waals surface area contributed by atoms with Crippen LogP contribution in [-0.2, 0) is 0 Å². The lowest BCUT2D eigenvalue weighted by Crippen LogP contribution is -2.09. The molecule has 0 saturated carbocycles. The Balaban J connectivity index is 2.85. The molecule has 0 fully saturated rings. The molecular formula is C5H7N4. The van der Waals surface area contributed by atoms with E-state index in [4.69, 9.17) is 0 Å². The van der Waals surface area contributed by atoms with Crippen molar-refractivity contribution in [2.24, 2.45) is 0 Å². The third-order valence-electron chi connectivity index (χ3n) is 0.923. The second-order valence-corrected chi connectivity index (χ2v) is 1.83. The monoisotopic (exact) mass is 123 g/mol. The largest absolute Gasteiger partial charge is 0.374 e. The molecule has 0 saturated heterocycles. The number of anilines is 1. The molecule has 0 amide bonds. The molecule has 0 aliphatic carbocycles. The third kappa shape index (κ3) is 1.35. The van der Waals surface area contributed by atoms with Gasteiger partial charge in [0, 0.05) is 14.1 Å². The normalized spacial score (nSPS) is 9.11. The van der Waals surface area contributed by atoms with Crippen LogP contribution in [0.15, 0.2) is 6.20 Å². The molecule has 1 rings (SSSR count). The molecule has 4 heteroatoms. The SMILES string of the molecule is CN(C)c1[c]nnnc1. The van der Waals surface area contributed by atoms with Gasteiger partial charge in [-0.3, -0.25) is 0 Å². The quantitative estimate of drug-likeness (QED) is 0.516. The first-order valence-electron chi connectivity index (χ1n) is 2.54. The number of rotatable bonds is 1. The summed E-state index contributed by atoms with van der Waals surface area (Å²) in [5.41, 5.74) is 0.838. The summed E-state index contributed by atoms with van der Waals surface area (Å²) in [7, 11) is 3.80. The summed E-state index contributed by atoms with van der Waals surface area (Å²) in [5, 5.41) is 10.4. The summed E-state index contributed by atoms with van der Waals surface area (Å²) in [6.07, 6.45) is 4.27. The molecule has 9 heavy (non-hydrogen) atoms. The molecule has 0 bridgehead atoms. The lowest BCUT2D eigenvalue weighted by Gasteiger charge is -2.07. The van der Waals surface area contributed by atoms with E-state index in [0.29, 0.717) is 0 Å². The zero-order valence-corrected chi connectivity index (χ0v) is 5.37. The molecular weight excluding hydrogens is 116 g/mol. The summed E-state index contributed by atoms with van der Waals surface area (Å²) in [6.45, 7) is 0. The maximum atomic E-state index is 3.57.